The van der Waals surface area contributed by atoms with Gasteiger partial charge < -0.3 is 10.6 Å². The Morgan fingerprint density at radius 3 is 2.44 bits per heavy atom. The van der Waals surface area contributed by atoms with Gasteiger partial charge in [0, 0.05) is 13.5 Å². The van der Waals surface area contributed by atoms with E-state index in [4.69, 9.17) is 5.21 Å². The summed E-state index contributed by atoms with van der Waals surface area (Å²) < 4.78 is 0. The largest absolute Gasteiger partial charge is 0.358 e. The van der Waals surface area contributed by atoms with E-state index in [-0.39, 0.29) is 18.9 Å². The van der Waals surface area contributed by atoms with Gasteiger partial charge in [-0.05, 0) is 22.8 Å². The number of likely N-dealkylation sites (N-methyl/N-ethyl adjacent to an activating group) is 1. The van der Waals surface area contributed by atoms with Crippen molar-refractivity contribution in [2.24, 2.45) is 5.92 Å². The van der Waals surface area contributed by atoms with E-state index < -0.39 is 17.7 Å². The molecule has 3 amide bonds. The van der Waals surface area contributed by atoms with Crippen molar-refractivity contribution >= 4 is 28.5 Å². The van der Waals surface area contributed by atoms with Crippen LogP contribution in [0.1, 0.15) is 12.0 Å². The highest BCUT2D eigenvalue weighted by Crippen LogP contribution is 2.19. The summed E-state index contributed by atoms with van der Waals surface area (Å²) in [7, 11) is 1.47. The first kappa shape index (κ1) is 18.4. The number of fused-ring (bicyclic) bond motifs is 1. The van der Waals surface area contributed by atoms with E-state index >= 15 is 0 Å². The smallest absolute Gasteiger partial charge is 0.244 e. The molecule has 0 saturated carbocycles. The molecular weight excluding hydrogens is 322 g/mol. The van der Waals surface area contributed by atoms with Crippen LogP contribution in [0.5, 0.6) is 0 Å². The molecule has 0 spiro atoms. The van der Waals surface area contributed by atoms with Gasteiger partial charge in [-0.25, -0.2) is 5.48 Å². The number of hydrogen-bond acceptors (Lipinski definition) is 4. The predicted molar refractivity (Wildman–Crippen MR) is 92.8 cm³/mol. The Kier molecular flexibility index (Phi) is 6.47. The SMILES string of the molecule is CNC(=O)CNC(=O)C(CC(=O)NO)Cc1ccc2ccccc2c1. The van der Waals surface area contributed by atoms with Gasteiger partial charge in [0.1, 0.15) is 0 Å². The first-order valence-corrected chi connectivity index (χ1v) is 7.92. The molecular formula is C18H21N3O4. The highest BCUT2D eigenvalue weighted by Gasteiger charge is 2.22. The maximum atomic E-state index is 12.3. The molecule has 1 atom stereocenters. The lowest BCUT2D eigenvalue weighted by Crippen LogP contribution is -2.40. The quantitative estimate of drug-likeness (QED) is 0.440. The number of amides is 3. The van der Waals surface area contributed by atoms with Crippen LogP contribution in [0.25, 0.3) is 10.8 Å². The summed E-state index contributed by atoms with van der Waals surface area (Å²) in [4.78, 5) is 35.1. The summed E-state index contributed by atoms with van der Waals surface area (Å²) in [5, 5.41) is 15.8. The van der Waals surface area contributed by atoms with Crippen molar-refractivity contribution in [2.75, 3.05) is 13.6 Å². The van der Waals surface area contributed by atoms with E-state index in [0.717, 1.165) is 16.3 Å². The van der Waals surface area contributed by atoms with E-state index in [9.17, 15) is 14.4 Å². The van der Waals surface area contributed by atoms with Crippen molar-refractivity contribution in [1.29, 1.82) is 0 Å². The van der Waals surface area contributed by atoms with Crippen LogP contribution in [0.15, 0.2) is 42.5 Å². The number of benzene rings is 2. The van der Waals surface area contributed by atoms with E-state index in [1.54, 1.807) is 5.48 Å². The second-order valence-corrected chi connectivity index (χ2v) is 5.71. The highest BCUT2D eigenvalue weighted by atomic mass is 16.5. The van der Waals surface area contributed by atoms with Gasteiger partial charge >= 0.3 is 0 Å². The number of rotatable bonds is 7. The zero-order valence-electron chi connectivity index (χ0n) is 13.9. The second-order valence-electron chi connectivity index (χ2n) is 5.71. The summed E-state index contributed by atoms with van der Waals surface area (Å²) in [6, 6.07) is 13.7. The predicted octanol–water partition coefficient (Wildman–Crippen LogP) is 0.756. The van der Waals surface area contributed by atoms with Gasteiger partial charge in [-0.15, -0.1) is 0 Å². The molecule has 2 aromatic carbocycles. The molecule has 0 saturated heterocycles. The molecule has 0 fully saturated rings. The first-order chi connectivity index (χ1) is 12.0. The van der Waals surface area contributed by atoms with Crippen LogP contribution in [-0.2, 0) is 20.8 Å². The average Bonchev–Trinajstić information content (AvgIpc) is 2.64. The van der Waals surface area contributed by atoms with Gasteiger partial charge in [0.2, 0.25) is 17.7 Å². The fraction of sp³-hybridized carbons (Fsp3) is 0.278. The van der Waals surface area contributed by atoms with Crippen molar-refractivity contribution in [2.45, 2.75) is 12.8 Å². The normalized spacial score (nSPS) is 11.6. The van der Waals surface area contributed by atoms with E-state index in [2.05, 4.69) is 10.6 Å². The molecule has 0 aromatic heterocycles. The van der Waals surface area contributed by atoms with Crippen molar-refractivity contribution < 1.29 is 19.6 Å². The Bertz CT molecular complexity index is 776. The van der Waals surface area contributed by atoms with Crippen LogP contribution in [0.4, 0.5) is 0 Å². The molecule has 2 aromatic rings. The van der Waals surface area contributed by atoms with Gasteiger partial charge in [-0.2, -0.15) is 0 Å². The third kappa shape index (κ3) is 5.29. The lowest BCUT2D eigenvalue weighted by Gasteiger charge is -2.16. The summed E-state index contributed by atoms with van der Waals surface area (Å²) in [5.41, 5.74) is 2.44. The molecule has 0 aliphatic heterocycles. The van der Waals surface area contributed by atoms with Crippen LogP contribution in [0.3, 0.4) is 0 Å². The van der Waals surface area contributed by atoms with Crippen LogP contribution >= 0.6 is 0 Å². The number of hydrogen-bond donors (Lipinski definition) is 4. The molecule has 1 unspecified atom stereocenters. The second kappa shape index (κ2) is 8.79. The molecule has 4 N–H and O–H groups in total. The summed E-state index contributed by atoms with van der Waals surface area (Å²) >= 11 is 0. The minimum atomic E-state index is -0.696. The third-order valence-corrected chi connectivity index (χ3v) is 3.93. The Balaban J connectivity index is 2.14. The van der Waals surface area contributed by atoms with Gasteiger partial charge in [0.25, 0.3) is 0 Å². The standard InChI is InChI=1S/C18H21N3O4/c1-19-17(23)11-20-18(24)15(10-16(22)21-25)9-12-6-7-13-4-2-3-5-14(13)8-12/h2-8,15,25H,9-11H2,1H3,(H,19,23)(H,20,24)(H,21,22). The van der Waals surface area contributed by atoms with Crippen molar-refractivity contribution in [3.8, 4) is 0 Å². The van der Waals surface area contributed by atoms with Crippen LogP contribution in [-0.4, -0.2) is 36.5 Å². The topological polar surface area (TPSA) is 108 Å². The molecule has 0 heterocycles. The van der Waals surface area contributed by atoms with E-state index in [1.807, 2.05) is 42.5 Å². The van der Waals surface area contributed by atoms with Crippen molar-refractivity contribution in [3.05, 3.63) is 48.0 Å². The van der Waals surface area contributed by atoms with Crippen LogP contribution in [0, 0.1) is 5.92 Å². The molecule has 0 aliphatic rings. The van der Waals surface area contributed by atoms with Crippen LogP contribution < -0.4 is 16.1 Å². The highest BCUT2D eigenvalue weighted by molar-refractivity contribution is 5.89. The Labute approximate surface area is 145 Å². The molecule has 2 rings (SSSR count). The van der Waals surface area contributed by atoms with Crippen molar-refractivity contribution in [3.63, 3.8) is 0 Å². The molecule has 25 heavy (non-hydrogen) atoms. The fourth-order valence-electron chi connectivity index (χ4n) is 2.58. The zero-order chi connectivity index (χ0) is 18.2. The fourth-order valence-corrected chi connectivity index (χ4v) is 2.58. The lowest BCUT2D eigenvalue weighted by atomic mass is 9.93. The minimum Gasteiger partial charge on any atom is -0.358 e. The Morgan fingerprint density at radius 2 is 1.76 bits per heavy atom. The van der Waals surface area contributed by atoms with Gasteiger partial charge in [0.05, 0.1) is 12.5 Å². The Hall–Kier alpha value is -2.93. The van der Waals surface area contributed by atoms with E-state index in [0.29, 0.717) is 6.42 Å². The lowest BCUT2D eigenvalue weighted by molar-refractivity contribution is -0.135. The summed E-state index contributed by atoms with van der Waals surface area (Å²) in [6.45, 7) is -0.162. The van der Waals surface area contributed by atoms with Crippen LogP contribution in [0.2, 0.25) is 0 Å². The number of carbonyl (C=O) groups excluding carboxylic acids is 3. The molecule has 0 bridgehead atoms. The molecule has 132 valence electrons. The zero-order valence-corrected chi connectivity index (χ0v) is 13.9. The summed E-state index contributed by atoms with van der Waals surface area (Å²) in [5.74, 6) is -2.09. The van der Waals surface area contributed by atoms with Gasteiger partial charge in [-0.1, -0.05) is 42.5 Å². The Morgan fingerprint density at radius 1 is 1.04 bits per heavy atom. The molecule has 0 aliphatic carbocycles. The monoisotopic (exact) mass is 343 g/mol. The molecule has 7 nitrogen and oxygen atoms in total. The summed E-state index contributed by atoms with van der Waals surface area (Å²) in [6.07, 6.45) is 0.140. The molecule has 0 radical (unpaired) electrons. The number of nitrogens with one attached hydrogen (secondary N) is 3. The number of hydroxylamine groups is 1. The molecule has 7 heteroatoms. The maximum absolute atomic E-state index is 12.3. The average molecular weight is 343 g/mol. The maximum Gasteiger partial charge on any atom is 0.244 e. The minimum absolute atomic E-state index is 0.162. The number of carbonyl (C=O) groups is 3. The van der Waals surface area contributed by atoms with E-state index in [1.165, 1.54) is 7.05 Å². The van der Waals surface area contributed by atoms with Gasteiger partial charge in [0.15, 0.2) is 0 Å². The third-order valence-electron chi connectivity index (χ3n) is 3.93. The first-order valence-electron chi connectivity index (χ1n) is 7.92. The van der Waals surface area contributed by atoms with Crippen molar-refractivity contribution in [1.82, 2.24) is 16.1 Å². The van der Waals surface area contributed by atoms with Gasteiger partial charge in [-0.3, -0.25) is 19.6 Å².